The van der Waals surface area contributed by atoms with E-state index in [4.69, 9.17) is 11.5 Å². The number of rotatable bonds is 4. The second-order valence-electron chi connectivity index (χ2n) is 3.19. The Kier molecular flexibility index (Phi) is 3.83. The van der Waals surface area contributed by atoms with Crippen LogP contribution >= 0.6 is 11.8 Å². The van der Waals surface area contributed by atoms with Gasteiger partial charge in [-0.05, 0) is 18.2 Å². The van der Waals surface area contributed by atoms with Crippen molar-refractivity contribution in [3.05, 3.63) is 24.3 Å². The first-order valence-corrected chi connectivity index (χ1v) is 5.36. The Labute approximate surface area is 87.9 Å². The molecule has 1 rings (SSSR count). The van der Waals surface area contributed by atoms with E-state index >= 15 is 0 Å². The van der Waals surface area contributed by atoms with Gasteiger partial charge < -0.3 is 11.5 Å². The van der Waals surface area contributed by atoms with Gasteiger partial charge in [-0.1, -0.05) is 13.0 Å². The number of carbonyl (C=O) groups excluding carboxylic acids is 1. The standard InChI is InChI=1S/C10H14N2OS/c1-7(10(12)13)6-14-9-4-2-3-8(11)5-9/h2-5,7H,6,11H2,1H3,(H2,12,13). The summed E-state index contributed by atoms with van der Waals surface area (Å²) in [7, 11) is 0. The minimum Gasteiger partial charge on any atom is -0.399 e. The molecule has 1 aromatic carbocycles. The predicted molar refractivity (Wildman–Crippen MR) is 59.9 cm³/mol. The summed E-state index contributed by atoms with van der Waals surface area (Å²) in [6, 6.07) is 7.58. The molecule has 3 nitrogen and oxygen atoms in total. The number of nitrogens with two attached hydrogens (primary N) is 2. The first kappa shape index (κ1) is 10.9. The van der Waals surface area contributed by atoms with Gasteiger partial charge in [-0.2, -0.15) is 0 Å². The van der Waals surface area contributed by atoms with Gasteiger partial charge in [-0.15, -0.1) is 11.8 Å². The summed E-state index contributed by atoms with van der Waals surface area (Å²) in [6.07, 6.45) is 0. The summed E-state index contributed by atoms with van der Waals surface area (Å²) in [6.45, 7) is 1.82. The maximum absolute atomic E-state index is 10.8. The molecule has 76 valence electrons. The van der Waals surface area contributed by atoms with Gasteiger partial charge in [0.05, 0.1) is 0 Å². The number of thioether (sulfide) groups is 1. The molecule has 1 amide bonds. The topological polar surface area (TPSA) is 69.1 Å². The van der Waals surface area contributed by atoms with E-state index < -0.39 is 0 Å². The highest BCUT2D eigenvalue weighted by molar-refractivity contribution is 7.99. The molecule has 0 saturated carbocycles. The fraction of sp³-hybridized carbons (Fsp3) is 0.300. The van der Waals surface area contributed by atoms with Crippen LogP contribution in [0.3, 0.4) is 0 Å². The van der Waals surface area contributed by atoms with Crippen LogP contribution in [0.1, 0.15) is 6.92 Å². The first-order chi connectivity index (χ1) is 6.59. The van der Waals surface area contributed by atoms with Gasteiger partial charge in [0.25, 0.3) is 0 Å². The van der Waals surface area contributed by atoms with Crippen molar-refractivity contribution in [3.8, 4) is 0 Å². The number of anilines is 1. The fourth-order valence-electron chi connectivity index (χ4n) is 0.908. The van der Waals surface area contributed by atoms with Crippen LogP contribution < -0.4 is 11.5 Å². The Morgan fingerprint density at radius 3 is 2.86 bits per heavy atom. The molecular weight excluding hydrogens is 196 g/mol. The van der Waals surface area contributed by atoms with Crippen molar-refractivity contribution in [2.75, 3.05) is 11.5 Å². The molecule has 0 bridgehead atoms. The van der Waals surface area contributed by atoms with Crippen LogP contribution in [0, 0.1) is 5.92 Å². The van der Waals surface area contributed by atoms with E-state index in [0.717, 1.165) is 10.6 Å². The largest absolute Gasteiger partial charge is 0.399 e. The molecule has 0 aliphatic carbocycles. The van der Waals surface area contributed by atoms with Crippen LogP contribution in [0.5, 0.6) is 0 Å². The minimum absolute atomic E-state index is 0.110. The third-order valence-corrected chi connectivity index (χ3v) is 3.10. The van der Waals surface area contributed by atoms with Crippen LogP contribution in [0.25, 0.3) is 0 Å². The molecule has 0 aliphatic rings. The molecule has 0 aliphatic heterocycles. The number of nitrogen functional groups attached to an aromatic ring is 1. The molecule has 1 atom stereocenters. The van der Waals surface area contributed by atoms with Crippen molar-refractivity contribution in [2.24, 2.45) is 11.7 Å². The zero-order chi connectivity index (χ0) is 10.6. The smallest absolute Gasteiger partial charge is 0.221 e. The molecule has 1 unspecified atom stereocenters. The van der Waals surface area contributed by atoms with Gasteiger partial charge in [0, 0.05) is 22.3 Å². The summed E-state index contributed by atoms with van der Waals surface area (Å²) < 4.78 is 0. The van der Waals surface area contributed by atoms with Crippen LogP contribution in [-0.2, 0) is 4.79 Å². The van der Waals surface area contributed by atoms with Gasteiger partial charge in [-0.3, -0.25) is 4.79 Å². The van der Waals surface area contributed by atoms with Crippen molar-refractivity contribution in [1.82, 2.24) is 0 Å². The monoisotopic (exact) mass is 210 g/mol. The molecule has 1 aromatic rings. The molecule has 14 heavy (non-hydrogen) atoms. The van der Waals surface area contributed by atoms with E-state index in [-0.39, 0.29) is 11.8 Å². The average Bonchev–Trinajstić information content (AvgIpc) is 2.14. The Balaban J connectivity index is 2.49. The molecule has 0 spiro atoms. The zero-order valence-electron chi connectivity index (χ0n) is 8.07. The van der Waals surface area contributed by atoms with E-state index in [2.05, 4.69) is 0 Å². The van der Waals surface area contributed by atoms with E-state index in [0.29, 0.717) is 5.75 Å². The second kappa shape index (κ2) is 4.91. The number of carbonyl (C=O) groups is 1. The highest BCUT2D eigenvalue weighted by Crippen LogP contribution is 2.22. The van der Waals surface area contributed by atoms with Gasteiger partial charge in [0.2, 0.25) is 5.91 Å². The summed E-state index contributed by atoms with van der Waals surface area (Å²) in [5.74, 6) is 0.321. The Morgan fingerprint density at radius 1 is 1.57 bits per heavy atom. The third kappa shape index (κ3) is 3.30. The minimum atomic E-state index is -0.263. The van der Waals surface area contributed by atoms with Gasteiger partial charge in [0.15, 0.2) is 0 Å². The Hall–Kier alpha value is -1.16. The van der Waals surface area contributed by atoms with E-state index in [1.54, 1.807) is 11.8 Å². The van der Waals surface area contributed by atoms with Crippen molar-refractivity contribution < 1.29 is 4.79 Å². The van der Waals surface area contributed by atoms with Crippen molar-refractivity contribution in [3.63, 3.8) is 0 Å². The van der Waals surface area contributed by atoms with Gasteiger partial charge in [0.1, 0.15) is 0 Å². The van der Waals surface area contributed by atoms with E-state index in [1.807, 2.05) is 31.2 Å². The first-order valence-electron chi connectivity index (χ1n) is 4.37. The molecule has 0 saturated heterocycles. The van der Waals surface area contributed by atoms with E-state index in [1.165, 1.54) is 0 Å². The number of hydrogen-bond donors (Lipinski definition) is 2. The Morgan fingerprint density at radius 2 is 2.29 bits per heavy atom. The highest BCUT2D eigenvalue weighted by Gasteiger charge is 2.08. The van der Waals surface area contributed by atoms with Crippen LogP contribution in [-0.4, -0.2) is 11.7 Å². The zero-order valence-corrected chi connectivity index (χ0v) is 8.88. The van der Waals surface area contributed by atoms with Crippen LogP contribution in [0.15, 0.2) is 29.2 Å². The van der Waals surface area contributed by atoms with Crippen molar-refractivity contribution >= 4 is 23.4 Å². The lowest BCUT2D eigenvalue weighted by Crippen LogP contribution is -2.22. The second-order valence-corrected chi connectivity index (χ2v) is 4.28. The van der Waals surface area contributed by atoms with Gasteiger partial charge in [-0.25, -0.2) is 0 Å². The number of benzene rings is 1. The SMILES string of the molecule is CC(CSc1cccc(N)c1)C(N)=O. The third-order valence-electron chi connectivity index (χ3n) is 1.84. The quantitative estimate of drug-likeness (QED) is 0.584. The lowest BCUT2D eigenvalue weighted by atomic mass is 10.2. The maximum Gasteiger partial charge on any atom is 0.221 e. The van der Waals surface area contributed by atoms with Crippen molar-refractivity contribution in [1.29, 1.82) is 0 Å². The predicted octanol–water partition coefficient (Wildman–Crippen LogP) is 1.48. The number of hydrogen-bond acceptors (Lipinski definition) is 3. The van der Waals surface area contributed by atoms with Crippen LogP contribution in [0.2, 0.25) is 0 Å². The summed E-state index contributed by atoms with van der Waals surface area (Å²) in [4.78, 5) is 11.8. The lowest BCUT2D eigenvalue weighted by Gasteiger charge is -2.06. The fourth-order valence-corrected chi connectivity index (χ4v) is 1.91. The number of primary amides is 1. The average molecular weight is 210 g/mol. The maximum atomic E-state index is 10.8. The lowest BCUT2D eigenvalue weighted by molar-refractivity contribution is -0.120. The summed E-state index contributed by atoms with van der Waals surface area (Å²) >= 11 is 1.59. The molecular formula is C10H14N2OS. The molecule has 0 fully saturated rings. The summed E-state index contributed by atoms with van der Waals surface area (Å²) in [5, 5.41) is 0. The number of amides is 1. The molecule has 0 heterocycles. The normalized spacial score (nSPS) is 12.4. The molecule has 0 aromatic heterocycles. The van der Waals surface area contributed by atoms with Crippen molar-refractivity contribution in [2.45, 2.75) is 11.8 Å². The summed E-state index contributed by atoms with van der Waals surface area (Å²) in [5.41, 5.74) is 11.5. The Bertz CT molecular complexity index is 328. The van der Waals surface area contributed by atoms with Crippen LogP contribution in [0.4, 0.5) is 5.69 Å². The molecule has 0 radical (unpaired) electrons. The highest BCUT2D eigenvalue weighted by atomic mass is 32.2. The molecule has 4 N–H and O–H groups in total. The van der Waals surface area contributed by atoms with E-state index in [9.17, 15) is 4.79 Å². The molecule has 4 heteroatoms. The van der Waals surface area contributed by atoms with Gasteiger partial charge >= 0.3 is 0 Å².